The zero-order chi connectivity index (χ0) is 19.3. The number of imide groups is 1. The SMILES string of the molecule is CCCCN1C(=O)c2cccc3c2c(cc2cc(C(C)=O)c(=O)oc23)C1=O. The van der Waals surface area contributed by atoms with E-state index in [2.05, 4.69) is 0 Å². The molecule has 6 heteroatoms. The minimum absolute atomic E-state index is 0.0626. The first-order valence-electron chi connectivity index (χ1n) is 8.84. The van der Waals surface area contributed by atoms with E-state index in [9.17, 15) is 19.2 Å². The van der Waals surface area contributed by atoms with Gasteiger partial charge in [0, 0.05) is 33.8 Å². The van der Waals surface area contributed by atoms with Crippen molar-refractivity contribution in [2.24, 2.45) is 0 Å². The van der Waals surface area contributed by atoms with E-state index in [1.54, 1.807) is 24.3 Å². The molecule has 2 aromatic carbocycles. The molecule has 2 heterocycles. The minimum atomic E-state index is -0.728. The van der Waals surface area contributed by atoms with Crippen LogP contribution < -0.4 is 5.63 Å². The molecule has 0 atom stereocenters. The van der Waals surface area contributed by atoms with Crippen molar-refractivity contribution in [2.45, 2.75) is 26.7 Å². The van der Waals surface area contributed by atoms with E-state index in [0.717, 1.165) is 12.8 Å². The lowest BCUT2D eigenvalue weighted by Crippen LogP contribution is -2.40. The van der Waals surface area contributed by atoms with Gasteiger partial charge in [-0.1, -0.05) is 25.5 Å². The Balaban J connectivity index is 2.08. The average molecular weight is 363 g/mol. The summed E-state index contributed by atoms with van der Waals surface area (Å²) in [4.78, 5) is 50.9. The van der Waals surface area contributed by atoms with Gasteiger partial charge in [0.05, 0.1) is 0 Å². The summed E-state index contributed by atoms with van der Waals surface area (Å²) >= 11 is 0. The zero-order valence-corrected chi connectivity index (χ0v) is 15.0. The number of fused-ring (bicyclic) bond motifs is 2. The van der Waals surface area contributed by atoms with Crippen LogP contribution in [0, 0.1) is 0 Å². The van der Waals surface area contributed by atoms with Crippen LogP contribution in [0.25, 0.3) is 21.7 Å². The molecule has 0 spiro atoms. The fourth-order valence-corrected chi connectivity index (χ4v) is 3.56. The summed E-state index contributed by atoms with van der Waals surface area (Å²) in [5.74, 6) is -1.11. The van der Waals surface area contributed by atoms with Crippen LogP contribution in [-0.4, -0.2) is 29.0 Å². The number of unbranched alkanes of at least 4 members (excludes halogenated alkanes) is 1. The number of hydrogen-bond donors (Lipinski definition) is 0. The third-order valence-electron chi connectivity index (χ3n) is 4.92. The third kappa shape index (κ3) is 2.48. The predicted octanol–water partition coefficient (Wildman–Crippen LogP) is 3.54. The van der Waals surface area contributed by atoms with Gasteiger partial charge in [0.25, 0.3) is 11.8 Å². The van der Waals surface area contributed by atoms with Crippen molar-refractivity contribution < 1.29 is 18.8 Å². The Kier molecular flexibility index (Phi) is 3.91. The Morgan fingerprint density at radius 3 is 2.52 bits per heavy atom. The summed E-state index contributed by atoms with van der Waals surface area (Å²) in [7, 11) is 0. The third-order valence-corrected chi connectivity index (χ3v) is 4.92. The second-order valence-corrected chi connectivity index (χ2v) is 6.69. The number of carbonyl (C=O) groups is 3. The van der Waals surface area contributed by atoms with E-state index < -0.39 is 11.4 Å². The van der Waals surface area contributed by atoms with Gasteiger partial charge in [-0.05, 0) is 31.5 Å². The summed E-state index contributed by atoms with van der Waals surface area (Å²) in [6.07, 6.45) is 1.58. The molecule has 1 aromatic heterocycles. The number of carbonyl (C=O) groups excluding carboxylic acids is 3. The first-order chi connectivity index (χ1) is 12.9. The van der Waals surface area contributed by atoms with Crippen LogP contribution in [0.3, 0.4) is 0 Å². The first kappa shape index (κ1) is 17.1. The van der Waals surface area contributed by atoms with Gasteiger partial charge in [0.1, 0.15) is 11.1 Å². The Labute approximate surface area is 154 Å². The normalized spacial score (nSPS) is 13.6. The molecule has 0 bridgehead atoms. The molecule has 136 valence electrons. The van der Waals surface area contributed by atoms with Gasteiger partial charge in [0.15, 0.2) is 5.78 Å². The fourth-order valence-electron chi connectivity index (χ4n) is 3.56. The predicted molar refractivity (Wildman–Crippen MR) is 100 cm³/mol. The summed E-state index contributed by atoms with van der Waals surface area (Å²) in [6.45, 7) is 3.63. The fraction of sp³-hybridized carbons (Fsp3) is 0.238. The van der Waals surface area contributed by atoms with Crippen LogP contribution in [0.15, 0.2) is 39.5 Å². The van der Waals surface area contributed by atoms with Gasteiger partial charge >= 0.3 is 5.63 Å². The van der Waals surface area contributed by atoms with Gasteiger partial charge in [-0.2, -0.15) is 0 Å². The van der Waals surface area contributed by atoms with E-state index in [0.29, 0.717) is 33.8 Å². The molecule has 3 aromatic rings. The number of nitrogens with zero attached hydrogens (tertiary/aromatic N) is 1. The highest BCUT2D eigenvalue weighted by Crippen LogP contribution is 2.35. The first-order valence-corrected chi connectivity index (χ1v) is 8.84. The van der Waals surface area contributed by atoms with E-state index >= 15 is 0 Å². The van der Waals surface area contributed by atoms with Crippen LogP contribution in [0.4, 0.5) is 0 Å². The highest BCUT2D eigenvalue weighted by Gasteiger charge is 2.33. The van der Waals surface area contributed by atoms with Crippen molar-refractivity contribution in [1.29, 1.82) is 0 Å². The van der Waals surface area contributed by atoms with E-state index in [1.807, 2.05) is 6.92 Å². The molecule has 1 aliphatic heterocycles. The van der Waals surface area contributed by atoms with E-state index in [1.165, 1.54) is 17.9 Å². The lowest BCUT2D eigenvalue weighted by Gasteiger charge is -2.27. The molecule has 4 rings (SSSR count). The van der Waals surface area contributed by atoms with Crippen LogP contribution in [-0.2, 0) is 0 Å². The monoisotopic (exact) mass is 363 g/mol. The zero-order valence-electron chi connectivity index (χ0n) is 15.0. The summed E-state index contributed by atoms with van der Waals surface area (Å²) < 4.78 is 5.40. The molecule has 1 aliphatic rings. The van der Waals surface area contributed by atoms with Crippen molar-refractivity contribution in [2.75, 3.05) is 6.54 Å². The van der Waals surface area contributed by atoms with Gasteiger partial charge < -0.3 is 4.42 Å². The second-order valence-electron chi connectivity index (χ2n) is 6.69. The van der Waals surface area contributed by atoms with Crippen LogP contribution in [0.1, 0.15) is 57.8 Å². The molecule has 0 saturated carbocycles. The molecule has 27 heavy (non-hydrogen) atoms. The number of hydrogen-bond acceptors (Lipinski definition) is 5. The smallest absolute Gasteiger partial charge is 0.347 e. The quantitative estimate of drug-likeness (QED) is 0.306. The number of rotatable bonds is 4. The second kappa shape index (κ2) is 6.16. The highest BCUT2D eigenvalue weighted by atomic mass is 16.4. The van der Waals surface area contributed by atoms with Gasteiger partial charge in [-0.3, -0.25) is 19.3 Å². The Hall–Kier alpha value is -3.28. The van der Waals surface area contributed by atoms with Crippen LogP contribution >= 0.6 is 0 Å². The number of ketones is 1. The van der Waals surface area contributed by atoms with Crippen LogP contribution in [0.2, 0.25) is 0 Å². The van der Waals surface area contributed by atoms with Gasteiger partial charge in [0.2, 0.25) is 0 Å². The number of amides is 2. The van der Waals surface area contributed by atoms with Gasteiger partial charge in [-0.15, -0.1) is 0 Å². The summed E-state index contributed by atoms with van der Waals surface area (Å²) in [5, 5.41) is 1.49. The molecule has 0 unspecified atom stereocenters. The largest absolute Gasteiger partial charge is 0.422 e. The highest BCUT2D eigenvalue weighted by molar-refractivity contribution is 6.28. The number of Topliss-reactive ketones (excluding diaryl/α,β-unsaturated/α-hetero) is 1. The van der Waals surface area contributed by atoms with Gasteiger partial charge in [-0.25, -0.2) is 4.79 Å². The molecule has 0 fully saturated rings. The van der Waals surface area contributed by atoms with Crippen LogP contribution in [0.5, 0.6) is 0 Å². The molecular formula is C21H17NO5. The number of benzene rings is 2. The van der Waals surface area contributed by atoms with Crippen molar-refractivity contribution in [1.82, 2.24) is 4.90 Å². The van der Waals surface area contributed by atoms with Crippen molar-refractivity contribution >= 4 is 39.3 Å². The average Bonchev–Trinajstić information content (AvgIpc) is 2.65. The Morgan fingerprint density at radius 2 is 1.81 bits per heavy atom. The lowest BCUT2D eigenvalue weighted by atomic mass is 9.91. The van der Waals surface area contributed by atoms with E-state index in [-0.39, 0.29) is 23.0 Å². The topological polar surface area (TPSA) is 84.7 Å². The maximum atomic E-state index is 13.0. The maximum absolute atomic E-state index is 13.0. The molecule has 0 aliphatic carbocycles. The minimum Gasteiger partial charge on any atom is -0.422 e. The molecule has 6 nitrogen and oxygen atoms in total. The lowest BCUT2D eigenvalue weighted by molar-refractivity contribution is 0.0608. The van der Waals surface area contributed by atoms with Crippen molar-refractivity contribution in [3.8, 4) is 0 Å². The Morgan fingerprint density at radius 1 is 1.07 bits per heavy atom. The standard InChI is InChI=1S/C21H17NO5/c1-3-4-8-22-19(24)14-7-5-6-13-17(14)16(20(22)25)10-12-9-15(11(2)23)21(26)27-18(12)13/h5-7,9-10H,3-4,8H2,1-2H3. The maximum Gasteiger partial charge on any atom is 0.347 e. The molecule has 2 amide bonds. The molecule has 0 N–H and O–H groups in total. The molecular weight excluding hydrogens is 346 g/mol. The Bertz CT molecular complexity index is 1200. The van der Waals surface area contributed by atoms with Crippen molar-refractivity contribution in [3.05, 3.63) is 57.4 Å². The molecule has 0 radical (unpaired) electrons. The molecule has 0 saturated heterocycles. The summed E-state index contributed by atoms with van der Waals surface area (Å²) in [6, 6.07) is 8.14. The van der Waals surface area contributed by atoms with E-state index in [4.69, 9.17) is 4.42 Å². The van der Waals surface area contributed by atoms with Crippen molar-refractivity contribution in [3.63, 3.8) is 0 Å². The summed E-state index contributed by atoms with van der Waals surface area (Å²) in [5.41, 5.74) is 0.278.